The number of phenolic OH excluding ortho intramolecular Hbond substituents is 1. The van der Waals surface area contributed by atoms with Crippen LogP contribution in [-0.2, 0) is 6.54 Å². The molecule has 18 heavy (non-hydrogen) atoms. The van der Waals surface area contributed by atoms with Crippen molar-refractivity contribution in [1.29, 1.82) is 0 Å². The van der Waals surface area contributed by atoms with E-state index in [-0.39, 0.29) is 5.75 Å². The van der Waals surface area contributed by atoms with Gasteiger partial charge in [-0.2, -0.15) is 0 Å². The van der Waals surface area contributed by atoms with E-state index >= 15 is 0 Å². The Bertz CT molecular complexity index is 705. The number of aromatic hydroxyl groups is 1. The van der Waals surface area contributed by atoms with Crippen LogP contribution >= 0.6 is 0 Å². The van der Waals surface area contributed by atoms with Crippen molar-refractivity contribution in [3.8, 4) is 17.1 Å². The summed E-state index contributed by atoms with van der Waals surface area (Å²) >= 11 is 0. The van der Waals surface area contributed by atoms with Crippen LogP contribution in [0.15, 0.2) is 36.5 Å². The van der Waals surface area contributed by atoms with Crippen LogP contribution < -0.4 is 5.73 Å². The minimum atomic E-state index is 0.218. The molecule has 0 fully saturated rings. The molecule has 0 saturated heterocycles. The number of nitrogens with two attached hydrogens (primary N) is 1. The van der Waals surface area contributed by atoms with E-state index < -0.39 is 0 Å². The first-order chi connectivity index (χ1) is 8.76. The van der Waals surface area contributed by atoms with E-state index in [1.54, 1.807) is 24.4 Å². The van der Waals surface area contributed by atoms with E-state index in [2.05, 4.69) is 15.0 Å². The van der Waals surface area contributed by atoms with E-state index in [1.807, 2.05) is 12.1 Å². The highest BCUT2D eigenvalue weighted by molar-refractivity contribution is 5.80. The molecule has 4 N–H and O–H groups in total. The maximum Gasteiger partial charge on any atom is 0.138 e. The number of phenols is 1. The van der Waals surface area contributed by atoms with Gasteiger partial charge in [0.15, 0.2) is 0 Å². The molecule has 5 nitrogen and oxygen atoms in total. The lowest BCUT2D eigenvalue weighted by molar-refractivity contribution is 0.476. The zero-order valence-electron chi connectivity index (χ0n) is 9.59. The lowest BCUT2D eigenvalue weighted by Crippen LogP contribution is -1.99. The summed E-state index contributed by atoms with van der Waals surface area (Å²) in [5, 5.41) is 9.42. The average molecular weight is 240 g/mol. The van der Waals surface area contributed by atoms with Crippen LogP contribution in [0.1, 0.15) is 5.69 Å². The fourth-order valence-electron chi connectivity index (χ4n) is 1.87. The zero-order chi connectivity index (χ0) is 12.5. The van der Waals surface area contributed by atoms with Crippen LogP contribution in [0.2, 0.25) is 0 Å². The van der Waals surface area contributed by atoms with Crippen molar-refractivity contribution in [1.82, 2.24) is 15.0 Å². The molecule has 5 heteroatoms. The maximum atomic E-state index is 9.42. The molecule has 2 aromatic heterocycles. The minimum absolute atomic E-state index is 0.218. The number of nitrogens with zero attached hydrogens (tertiary/aromatic N) is 2. The van der Waals surface area contributed by atoms with Crippen LogP contribution in [0.25, 0.3) is 22.4 Å². The van der Waals surface area contributed by atoms with Gasteiger partial charge < -0.3 is 15.8 Å². The predicted molar refractivity (Wildman–Crippen MR) is 68.9 cm³/mol. The summed E-state index contributed by atoms with van der Waals surface area (Å²) < 4.78 is 0. The summed E-state index contributed by atoms with van der Waals surface area (Å²) in [6.07, 6.45) is 1.71. The Kier molecular flexibility index (Phi) is 2.46. The highest BCUT2D eigenvalue weighted by Crippen LogP contribution is 2.23. The Morgan fingerprint density at radius 2 is 2.11 bits per heavy atom. The largest absolute Gasteiger partial charge is 0.508 e. The second kappa shape index (κ2) is 4.12. The van der Waals surface area contributed by atoms with Crippen molar-refractivity contribution in [3.05, 3.63) is 42.2 Å². The summed E-state index contributed by atoms with van der Waals surface area (Å²) in [5.41, 5.74) is 8.93. The number of aromatic nitrogens is 3. The highest BCUT2D eigenvalue weighted by Gasteiger charge is 2.06. The Morgan fingerprint density at radius 1 is 1.22 bits per heavy atom. The lowest BCUT2D eigenvalue weighted by Gasteiger charge is -1.99. The first kappa shape index (κ1) is 10.7. The van der Waals surface area contributed by atoms with Gasteiger partial charge in [-0.05, 0) is 24.3 Å². The molecule has 0 aliphatic heterocycles. The third kappa shape index (κ3) is 1.80. The molecule has 0 aliphatic rings. The molecule has 0 atom stereocenters. The molecule has 3 rings (SSSR count). The Balaban J connectivity index is 2.13. The minimum Gasteiger partial charge on any atom is -0.508 e. The number of aromatic amines is 1. The average Bonchev–Trinajstić information content (AvgIpc) is 2.81. The maximum absolute atomic E-state index is 9.42. The first-order valence-electron chi connectivity index (χ1n) is 5.60. The number of pyridine rings is 1. The first-order valence-corrected chi connectivity index (χ1v) is 5.60. The number of H-pyrrole nitrogens is 1. The highest BCUT2D eigenvalue weighted by atomic mass is 16.3. The molecule has 0 aliphatic carbocycles. The van der Waals surface area contributed by atoms with Gasteiger partial charge in [-0.25, -0.2) is 4.98 Å². The van der Waals surface area contributed by atoms with Gasteiger partial charge in [-0.1, -0.05) is 0 Å². The van der Waals surface area contributed by atoms with Gasteiger partial charge in [0, 0.05) is 24.4 Å². The van der Waals surface area contributed by atoms with Crippen LogP contribution in [0.3, 0.4) is 0 Å². The van der Waals surface area contributed by atoms with E-state index in [0.717, 1.165) is 28.1 Å². The monoisotopic (exact) mass is 240 g/mol. The van der Waals surface area contributed by atoms with Gasteiger partial charge in [0.05, 0.1) is 16.7 Å². The normalized spacial score (nSPS) is 10.9. The second-order valence-electron chi connectivity index (χ2n) is 4.03. The number of benzene rings is 1. The van der Waals surface area contributed by atoms with Crippen molar-refractivity contribution in [2.45, 2.75) is 6.54 Å². The van der Waals surface area contributed by atoms with Gasteiger partial charge in [-0.15, -0.1) is 0 Å². The summed E-state index contributed by atoms with van der Waals surface area (Å²) in [7, 11) is 0. The molecule has 0 radical (unpaired) electrons. The smallest absolute Gasteiger partial charge is 0.138 e. The van der Waals surface area contributed by atoms with Crippen LogP contribution in [0.4, 0.5) is 0 Å². The van der Waals surface area contributed by atoms with E-state index in [1.165, 1.54) is 0 Å². The Labute approximate surface area is 103 Å². The molecule has 3 aromatic rings. The van der Waals surface area contributed by atoms with Crippen molar-refractivity contribution < 1.29 is 5.11 Å². The van der Waals surface area contributed by atoms with Gasteiger partial charge in [0.1, 0.15) is 11.6 Å². The van der Waals surface area contributed by atoms with E-state index in [4.69, 9.17) is 5.73 Å². The molecule has 0 spiro atoms. The van der Waals surface area contributed by atoms with Crippen molar-refractivity contribution >= 4 is 11.0 Å². The van der Waals surface area contributed by atoms with E-state index in [9.17, 15) is 5.11 Å². The zero-order valence-corrected chi connectivity index (χ0v) is 9.59. The molecule has 0 amide bonds. The third-order valence-corrected chi connectivity index (χ3v) is 2.76. The fraction of sp³-hybridized carbons (Fsp3) is 0.0769. The Hall–Kier alpha value is -2.40. The lowest BCUT2D eigenvalue weighted by atomic mass is 10.2. The van der Waals surface area contributed by atoms with Crippen LogP contribution in [0, 0.1) is 0 Å². The number of imidazole rings is 1. The Morgan fingerprint density at radius 3 is 2.94 bits per heavy atom. The second-order valence-corrected chi connectivity index (χ2v) is 4.03. The van der Waals surface area contributed by atoms with E-state index in [0.29, 0.717) is 6.54 Å². The van der Waals surface area contributed by atoms with Gasteiger partial charge in [0.2, 0.25) is 0 Å². The predicted octanol–water partition coefficient (Wildman–Crippen LogP) is 1.79. The summed E-state index contributed by atoms with van der Waals surface area (Å²) in [5.74, 6) is 0.961. The third-order valence-electron chi connectivity index (χ3n) is 2.76. The fourth-order valence-corrected chi connectivity index (χ4v) is 1.87. The molecule has 0 unspecified atom stereocenters. The van der Waals surface area contributed by atoms with Crippen LogP contribution in [-0.4, -0.2) is 20.1 Å². The van der Waals surface area contributed by atoms with Gasteiger partial charge in [0.25, 0.3) is 0 Å². The number of rotatable bonds is 2. The summed E-state index contributed by atoms with van der Waals surface area (Å²) in [6, 6.07) is 8.81. The molecule has 0 bridgehead atoms. The van der Waals surface area contributed by atoms with Crippen molar-refractivity contribution in [2.24, 2.45) is 5.73 Å². The standard InChI is InChI=1S/C13H12N4O/c14-7-9-5-8(3-4-15-9)13-16-11-2-1-10(18)6-12(11)17-13/h1-6,18H,7,14H2,(H,16,17). The number of hydrogen-bond donors (Lipinski definition) is 3. The molecule has 1 aromatic carbocycles. The molecule has 0 saturated carbocycles. The summed E-state index contributed by atoms with van der Waals surface area (Å²) in [4.78, 5) is 11.8. The topological polar surface area (TPSA) is 87.8 Å². The van der Waals surface area contributed by atoms with Gasteiger partial charge >= 0.3 is 0 Å². The molecule has 2 heterocycles. The number of hydrogen-bond acceptors (Lipinski definition) is 4. The quantitative estimate of drug-likeness (QED) is 0.637. The SMILES string of the molecule is NCc1cc(-c2nc3ccc(O)cc3[nH]2)ccn1. The summed E-state index contributed by atoms with van der Waals surface area (Å²) in [6.45, 7) is 0.398. The van der Waals surface area contributed by atoms with Crippen molar-refractivity contribution in [2.75, 3.05) is 0 Å². The van der Waals surface area contributed by atoms with Gasteiger partial charge in [-0.3, -0.25) is 4.98 Å². The van der Waals surface area contributed by atoms with Crippen LogP contribution in [0.5, 0.6) is 5.75 Å². The number of fused-ring (bicyclic) bond motifs is 1. The molecule has 90 valence electrons. The van der Waals surface area contributed by atoms with Crippen molar-refractivity contribution in [3.63, 3.8) is 0 Å². The molecular formula is C13H12N4O. The number of nitrogens with one attached hydrogen (secondary N) is 1. The molecular weight excluding hydrogens is 228 g/mol.